The molecule has 0 aliphatic carbocycles. The van der Waals surface area contributed by atoms with Crippen LogP contribution < -0.4 is 0 Å². The number of rotatable bonds is 2. The fourth-order valence-corrected chi connectivity index (χ4v) is 3.31. The van der Waals surface area contributed by atoms with Crippen molar-refractivity contribution >= 4 is 23.2 Å². The van der Waals surface area contributed by atoms with Crippen LogP contribution in [0.15, 0.2) is 30.9 Å². The Hall–Kier alpha value is -2.38. The summed E-state index contributed by atoms with van der Waals surface area (Å²) >= 11 is 5.97. The number of halogens is 1. The third-order valence-electron chi connectivity index (χ3n) is 4.44. The van der Waals surface area contributed by atoms with Crippen LogP contribution in [0.25, 0.3) is 5.65 Å². The maximum atomic E-state index is 12.9. The monoisotopic (exact) mass is 345 g/mol. The molecule has 0 saturated heterocycles. The van der Waals surface area contributed by atoms with E-state index < -0.39 is 0 Å². The minimum Gasteiger partial charge on any atom is -0.394 e. The number of aliphatic hydroxyl groups is 1. The molecule has 1 N–H and O–H groups in total. The molecule has 124 valence electrons. The van der Waals surface area contributed by atoms with Crippen LogP contribution in [-0.4, -0.2) is 47.5 Å². The number of carbonyl (C=O) groups excluding carboxylic acids is 1. The molecule has 7 nitrogen and oxygen atoms in total. The number of imidazole rings is 2. The summed E-state index contributed by atoms with van der Waals surface area (Å²) in [6, 6.07) is 3.21. The molecule has 24 heavy (non-hydrogen) atoms. The second kappa shape index (κ2) is 5.61. The van der Waals surface area contributed by atoms with Gasteiger partial charge in [0.25, 0.3) is 5.91 Å². The first-order chi connectivity index (χ1) is 11.6. The molecular formula is C16H16ClN5O2. The smallest absolute Gasteiger partial charge is 0.274 e. The third kappa shape index (κ3) is 2.37. The molecule has 4 heterocycles. The van der Waals surface area contributed by atoms with Gasteiger partial charge in [0.1, 0.15) is 11.3 Å². The van der Waals surface area contributed by atoms with E-state index >= 15 is 0 Å². The summed E-state index contributed by atoms with van der Waals surface area (Å²) in [5.41, 5.74) is 2.90. The van der Waals surface area contributed by atoms with Crippen molar-refractivity contribution in [2.24, 2.45) is 7.05 Å². The number of hydrogen-bond donors (Lipinski definition) is 1. The first-order valence-corrected chi connectivity index (χ1v) is 8.00. The summed E-state index contributed by atoms with van der Waals surface area (Å²) in [6.45, 7) is 0.268. The SMILES string of the molecule is Cn1cnc2c1C[C@@H](CO)N(C(=O)c1cn3cc(Cl)ccc3n1)C2. The normalized spacial score (nSPS) is 17.3. The van der Waals surface area contributed by atoms with Crippen LogP contribution in [0.3, 0.4) is 0 Å². The minimum atomic E-state index is -0.284. The molecular weight excluding hydrogens is 330 g/mol. The molecule has 0 aromatic carbocycles. The zero-order valence-electron chi connectivity index (χ0n) is 13.1. The lowest BCUT2D eigenvalue weighted by Crippen LogP contribution is -2.46. The molecule has 1 aliphatic rings. The summed E-state index contributed by atoms with van der Waals surface area (Å²) in [7, 11) is 1.92. The number of carbonyl (C=O) groups is 1. The van der Waals surface area contributed by atoms with Crippen molar-refractivity contribution in [3.8, 4) is 0 Å². The van der Waals surface area contributed by atoms with E-state index in [1.165, 1.54) is 0 Å². The molecule has 1 atom stereocenters. The Morgan fingerprint density at radius 1 is 1.42 bits per heavy atom. The van der Waals surface area contributed by atoms with E-state index in [0.29, 0.717) is 29.3 Å². The zero-order valence-corrected chi connectivity index (χ0v) is 13.8. The van der Waals surface area contributed by atoms with Crippen molar-refractivity contribution in [1.29, 1.82) is 0 Å². The Morgan fingerprint density at radius 3 is 3.04 bits per heavy atom. The van der Waals surface area contributed by atoms with Gasteiger partial charge in [-0.05, 0) is 12.1 Å². The van der Waals surface area contributed by atoms with E-state index in [9.17, 15) is 9.90 Å². The summed E-state index contributed by atoms with van der Waals surface area (Å²) < 4.78 is 3.66. The van der Waals surface area contributed by atoms with Crippen LogP contribution >= 0.6 is 11.6 Å². The van der Waals surface area contributed by atoms with Gasteiger partial charge in [-0.15, -0.1) is 0 Å². The van der Waals surface area contributed by atoms with E-state index in [0.717, 1.165) is 11.4 Å². The highest BCUT2D eigenvalue weighted by atomic mass is 35.5. The van der Waals surface area contributed by atoms with Gasteiger partial charge in [0.2, 0.25) is 0 Å². The zero-order chi connectivity index (χ0) is 16.8. The van der Waals surface area contributed by atoms with Gasteiger partial charge in [0.05, 0.1) is 36.2 Å². The molecule has 0 bridgehead atoms. The van der Waals surface area contributed by atoms with Crippen LogP contribution in [0, 0.1) is 0 Å². The topological polar surface area (TPSA) is 75.7 Å². The van der Waals surface area contributed by atoms with Gasteiger partial charge >= 0.3 is 0 Å². The lowest BCUT2D eigenvalue weighted by Gasteiger charge is -2.33. The molecule has 3 aromatic heterocycles. The quantitative estimate of drug-likeness (QED) is 0.759. The predicted octanol–water partition coefficient (Wildman–Crippen LogP) is 1.28. The molecule has 4 rings (SSSR count). The highest BCUT2D eigenvalue weighted by molar-refractivity contribution is 6.30. The van der Waals surface area contributed by atoms with Crippen LogP contribution in [0.4, 0.5) is 0 Å². The molecule has 0 saturated carbocycles. The third-order valence-corrected chi connectivity index (χ3v) is 4.66. The fourth-order valence-electron chi connectivity index (χ4n) is 3.14. The number of hydrogen-bond acceptors (Lipinski definition) is 4. The van der Waals surface area contributed by atoms with Crippen molar-refractivity contribution in [3.63, 3.8) is 0 Å². The number of pyridine rings is 1. The van der Waals surface area contributed by atoms with Gasteiger partial charge in [0, 0.05) is 31.6 Å². The van der Waals surface area contributed by atoms with E-state index in [4.69, 9.17) is 11.6 Å². The summed E-state index contributed by atoms with van der Waals surface area (Å²) in [5, 5.41) is 10.3. The maximum absolute atomic E-state index is 12.9. The van der Waals surface area contributed by atoms with Gasteiger partial charge in [-0.3, -0.25) is 4.79 Å². The molecule has 0 unspecified atom stereocenters. The largest absolute Gasteiger partial charge is 0.394 e. The van der Waals surface area contributed by atoms with E-state index in [2.05, 4.69) is 9.97 Å². The Bertz CT molecular complexity index is 932. The van der Waals surface area contributed by atoms with Crippen LogP contribution in [0.1, 0.15) is 21.9 Å². The standard InChI is InChI=1S/C16H16ClN5O2/c1-20-9-18-12-7-22(11(8-23)4-14(12)20)16(24)13-6-21-5-10(17)2-3-15(21)19-13/h2-3,5-6,9,11,23H,4,7-8H2,1H3/t11-/m0/s1. The maximum Gasteiger partial charge on any atom is 0.274 e. The number of nitrogens with zero attached hydrogens (tertiary/aromatic N) is 5. The average molecular weight is 346 g/mol. The molecule has 1 aliphatic heterocycles. The number of aliphatic hydroxyl groups excluding tert-OH is 1. The molecule has 0 spiro atoms. The predicted molar refractivity (Wildman–Crippen MR) is 87.9 cm³/mol. The number of aryl methyl sites for hydroxylation is 1. The van der Waals surface area contributed by atoms with Crippen LogP contribution in [0.2, 0.25) is 5.02 Å². The lowest BCUT2D eigenvalue weighted by molar-refractivity contribution is 0.0531. The van der Waals surface area contributed by atoms with Crippen molar-refractivity contribution in [1.82, 2.24) is 23.8 Å². The van der Waals surface area contributed by atoms with Crippen LogP contribution in [0.5, 0.6) is 0 Å². The first kappa shape index (κ1) is 15.2. The van der Waals surface area contributed by atoms with Gasteiger partial charge in [0.15, 0.2) is 0 Å². The molecule has 0 fully saturated rings. The van der Waals surface area contributed by atoms with E-state index in [-0.39, 0.29) is 18.6 Å². The molecule has 0 radical (unpaired) electrons. The Balaban J connectivity index is 1.69. The first-order valence-electron chi connectivity index (χ1n) is 7.62. The van der Waals surface area contributed by atoms with E-state index in [1.54, 1.807) is 40.2 Å². The second-order valence-corrected chi connectivity index (χ2v) is 6.40. The summed E-state index contributed by atoms with van der Waals surface area (Å²) in [4.78, 5) is 23.3. The summed E-state index contributed by atoms with van der Waals surface area (Å²) in [6.07, 6.45) is 5.68. The Morgan fingerprint density at radius 2 is 2.25 bits per heavy atom. The van der Waals surface area contributed by atoms with Crippen molar-refractivity contribution in [2.75, 3.05) is 6.61 Å². The van der Waals surface area contributed by atoms with Gasteiger partial charge in [-0.25, -0.2) is 9.97 Å². The van der Waals surface area contributed by atoms with Crippen molar-refractivity contribution in [3.05, 3.63) is 53.0 Å². The Labute approximate surface area is 143 Å². The second-order valence-electron chi connectivity index (χ2n) is 5.96. The highest BCUT2D eigenvalue weighted by Crippen LogP contribution is 2.24. The van der Waals surface area contributed by atoms with Crippen molar-refractivity contribution < 1.29 is 9.90 Å². The minimum absolute atomic E-state index is 0.102. The van der Waals surface area contributed by atoms with Gasteiger partial charge < -0.3 is 19.0 Å². The fraction of sp³-hybridized carbons (Fsp3) is 0.312. The summed E-state index contributed by atoms with van der Waals surface area (Å²) in [5.74, 6) is -0.217. The number of aromatic nitrogens is 4. The van der Waals surface area contributed by atoms with Crippen LogP contribution in [-0.2, 0) is 20.0 Å². The molecule has 1 amide bonds. The highest BCUT2D eigenvalue weighted by Gasteiger charge is 2.33. The number of fused-ring (bicyclic) bond motifs is 2. The lowest BCUT2D eigenvalue weighted by atomic mass is 10.0. The average Bonchev–Trinajstić information content (AvgIpc) is 3.16. The van der Waals surface area contributed by atoms with Gasteiger partial charge in [-0.1, -0.05) is 11.6 Å². The van der Waals surface area contributed by atoms with E-state index in [1.807, 2.05) is 11.6 Å². The van der Waals surface area contributed by atoms with Gasteiger partial charge in [-0.2, -0.15) is 0 Å². The van der Waals surface area contributed by atoms with Crippen molar-refractivity contribution in [2.45, 2.75) is 19.0 Å². The Kier molecular flexibility index (Phi) is 3.54. The molecule has 8 heteroatoms. The molecule has 3 aromatic rings. The number of amides is 1.